The van der Waals surface area contributed by atoms with Crippen molar-refractivity contribution in [3.05, 3.63) is 52.5 Å². The van der Waals surface area contributed by atoms with Crippen molar-refractivity contribution in [3.8, 4) is 23.3 Å². The molecule has 124 valence electrons. The zero-order valence-corrected chi connectivity index (χ0v) is 12.9. The summed E-state index contributed by atoms with van der Waals surface area (Å²) in [4.78, 5) is 11.0. The van der Waals surface area contributed by atoms with Crippen molar-refractivity contribution in [2.24, 2.45) is 0 Å². The number of rotatable bonds is 3. The summed E-state index contributed by atoms with van der Waals surface area (Å²) in [5, 5.41) is 8.72. The molecule has 0 N–H and O–H groups in total. The monoisotopic (exact) mass is 355 g/mol. The van der Waals surface area contributed by atoms with Gasteiger partial charge in [0.15, 0.2) is 5.75 Å². The maximum Gasteiger partial charge on any atom is 0.416 e. The quantitative estimate of drug-likeness (QED) is 0.577. The maximum atomic E-state index is 12.6. The Morgan fingerprint density at radius 3 is 2.42 bits per heavy atom. The molecular formula is C16H9ClF3NO3. The van der Waals surface area contributed by atoms with Gasteiger partial charge in [0.1, 0.15) is 17.6 Å². The number of nitrogens with zero attached hydrogens (tertiary/aromatic N) is 1. The first kappa shape index (κ1) is 17.6. The fourth-order valence-corrected chi connectivity index (χ4v) is 2.00. The van der Waals surface area contributed by atoms with E-state index in [1.807, 2.05) is 6.07 Å². The Balaban J connectivity index is 2.31. The lowest BCUT2D eigenvalue weighted by Crippen LogP contribution is -2.04. The fourth-order valence-electron chi connectivity index (χ4n) is 1.78. The summed E-state index contributed by atoms with van der Waals surface area (Å²) in [5.41, 5.74) is -0.795. The highest BCUT2D eigenvalue weighted by Gasteiger charge is 2.31. The molecule has 2 aromatic rings. The van der Waals surface area contributed by atoms with Gasteiger partial charge in [0, 0.05) is 13.0 Å². The Bertz CT molecular complexity index is 828. The van der Waals surface area contributed by atoms with Gasteiger partial charge in [0.2, 0.25) is 0 Å². The molecule has 0 aliphatic rings. The Morgan fingerprint density at radius 2 is 1.88 bits per heavy atom. The lowest BCUT2D eigenvalue weighted by molar-refractivity contribution is -0.137. The average molecular weight is 356 g/mol. The molecule has 0 atom stereocenters. The number of esters is 1. The topological polar surface area (TPSA) is 59.3 Å². The zero-order chi connectivity index (χ0) is 17.9. The highest BCUT2D eigenvalue weighted by Crippen LogP contribution is 2.37. The SMILES string of the molecule is CC(=O)Oc1cc(Oc2ccc(C(F)(F)F)cc2Cl)ccc1C#N. The van der Waals surface area contributed by atoms with E-state index in [0.717, 1.165) is 18.2 Å². The van der Waals surface area contributed by atoms with E-state index in [0.29, 0.717) is 0 Å². The van der Waals surface area contributed by atoms with Crippen molar-refractivity contribution < 1.29 is 27.4 Å². The van der Waals surface area contributed by atoms with Crippen molar-refractivity contribution in [1.29, 1.82) is 5.26 Å². The van der Waals surface area contributed by atoms with Gasteiger partial charge in [-0.15, -0.1) is 0 Å². The largest absolute Gasteiger partial charge is 0.456 e. The van der Waals surface area contributed by atoms with E-state index in [9.17, 15) is 18.0 Å². The molecule has 8 heteroatoms. The molecule has 0 bridgehead atoms. The molecule has 0 fully saturated rings. The van der Waals surface area contributed by atoms with Crippen LogP contribution in [0.1, 0.15) is 18.1 Å². The van der Waals surface area contributed by atoms with Gasteiger partial charge in [-0.25, -0.2) is 0 Å². The number of halogens is 4. The molecule has 0 heterocycles. The molecule has 0 unspecified atom stereocenters. The Kier molecular flexibility index (Phi) is 5.00. The van der Waals surface area contributed by atoms with Gasteiger partial charge in [0.05, 0.1) is 16.1 Å². The van der Waals surface area contributed by atoms with Gasteiger partial charge in [-0.1, -0.05) is 11.6 Å². The van der Waals surface area contributed by atoms with Crippen molar-refractivity contribution in [1.82, 2.24) is 0 Å². The summed E-state index contributed by atoms with van der Waals surface area (Å²) >= 11 is 5.81. The van der Waals surface area contributed by atoms with E-state index < -0.39 is 17.7 Å². The van der Waals surface area contributed by atoms with E-state index in [4.69, 9.17) is 26.3 Å². The third-order valence-electron chi connectivity index (χ3n) is 2.81. The lowest BCUT2D eigenvalue weighted by Gasteiger charge is -2.12. The normalized spacial score (nSPS) is 10.8. The van der Waals surface area contributed by atoms with Gasteiger partial charge < -0.3 is 9.47 Å². The van der Waals surface area contributed by atoms with Crippen LogP contribution in [-0.2, 0) is 11.0 Å². The first-order chi connectivity index (χ1) is 11.2. The second kappa shape index (κ2) is 6.81. The predicted molar refractivity (Wildman–Crippen MR) is 79.0 cm³/mol. The Labute approximate surface area is 140 Å². The van der Waals surface area contributed by atoms with Crippen molar-refractivity contribution in [2.75, 3.05) is 0 Å². The van der Waals surface area contributed by atoms with Crippen molar-refractivity contribution in [2.45, 2.75) is 13.1 Å². The highest BCUT2D eigenvalue weighted by atomic mass is 35.5. The van der Waals surface area contributed by atoms with Gasteiger partial charge in [-0.2, -0.15) is 18.4 Å². The van der Waals surface area contributed by atoms with Crippen LogP contribution in [-0.4, -0.2) is 5.97 Å². The number of hydrogen-bond donors (Lipinski definition) is 0. The van der Waals surface area contributed by atoms with Gasteiger partial charge in [-0.05, 0) is 30.3 Å². The minimum absolute atomic E-state index is 0.0110. The number of ether oxygens (including phenoxy) is 2. The first-order valence-electron chi connectivity index (χ1n) is 6.48. The summed E-state index contributed by atoms with van der Waals surface area (Å²) in [6, 6.07) is 8.52. The molecule has 24 heavy (non-hydrogen) atoms. The summed E-state index contributed by atoms with van der Waals surface area (Å²) < 4.78 is 48.1. The molecule has 0 spiro atoms. The Morgan fingerprint density at radius 1 is 1.17 bits per heavy atom. The number of nitriles is 1. The number of alkyl halides is 3. The zero-order valence-electron chi connectivity index (χ0n) is 12.1. The summed E-state index contributed by atoms with van der Waals surface area (Å²) in [5.74, 6) is -0.517. The standard InChI is InChI=1S/C16H9ClF3NO3/c1-9(22)23-15-7-12(4-2-10(15)8-21)24-14-5-3-11(6-13(14)17)16(18,19)20/h2-7H,1H3. The van der Waals surface area contributed by atoms with Gasteiger partial charge in [-0.3, -0.25) is 4.79 Å². The van der Waals surface area contributed by atoms with Crippen LogP contribution in [0.25, 0.3) is 0 Å². The molecule has 0 radical (unpaired) electrons. The van der Waals surface area contributed by atoms with E-state index in [1.54, 1.807) is 0 Å². The fraction of sp³-hybridized carbons (Fsp3) is 0.125. The highest BCUT2D eigenvalue weighted by molar-refractivity contribution is 6.32. The Hall–Kier alpha value is -2.72. The molecule has 0 aliphatic heterocycles. The second-order valence-corrected chi connectivity index (χ2v) is 5.02. The molecule has 0 aliphatic carbocycles. The molecule has 0 saturated heterocycles. The number of benzene rings is 2. The molecule has 4 nitrogen and oxygen atoms in total. The first-order valence-corrected chi connectivity index (χ1v) is 6.85. The van der Waals surface area contributed by atoms with Crippen LogP contribution in [0.3, 0.4) is 0 Å². The van der Waals surface area contributed by atoms with Crippen LogP contribution in [0.2, 0.25) is 5.02 Å². The summed E-state index contributed by atoms with van der Waals surface area (Å²) in [6.45, 7) is 1.17. The molecule has 0 aromatic heterocycles. The van der Waals surface area contributed by atoms with Gasteiger partial charge in [0.25, 0.3) is 0 Å². The van der Waals surface area contributed by atoms with E-state index in [1.165, 1.54) is 25.1 Å². The van der Waals surface area contributed by atoms with Crippen LogP contribution in [0.15, 0.2) is 36.4 Å². The van der Waals surface area contributed by atoms with Gasteiger partial charge >= 0.3 is 12.1 Å². The number of hydrogen-bond acceptors (Lipinski definition) is 4. The van der Waals surface area contributed by atoms with Crippen LogP contribution >= 0.6 is 11.6 Å². The van der Waals surface area contributed by atoms with Crippen LogP contribution < -0.4 is 9.47 Å². The van der Waals surface area contributed by atoms with E-state index in [2.05, 4.69) is 0 Å². The second-order valence-electron chi connectivity index (χ2n) is 4.61. The smallest absolute Gasteiger partial charge is 0.416 e. The minimum Gasteiger partial charge on any atom is -0.456 e. The number of carbonyl (C=O) groups is 1. The van der Waals surface area contributed by atoms with Crippen molar-refractivity contribution in [3.63, 3.8) is 0 Å². The van der Waals surface area contributed by atoms with E-state index >= 15 is 0 Å². The molecule has 2 aromatic carbocycles. The van der Waals surface area contributed by atoms with E-state index in [-0.39, 0.29) is 27.8 Å². The third kappa shape index (κ3) is 4.18. The van der Waals surface area contributed by atoms with Crippen LogP contribution in [0.5, 0.6) is 17.2 Å². The lowest BCUT2D eigenvalue weighted by atomic mass is 10.2. The van der Waals surface area contributed by atoms with Crippen LogP contribution in [0.4, 0.5) is 13.2 Å². The average Bonchev–Trinajstić information content (AvgIpc) is 2.48. The predicted octanol–water partition coefficient (Wildman–Crippen LogP) is 4.95. The molecule has 2 rings (SSSR count). The summed E-state index contributed by atoms with van der Waals surface area (Å²) in [7, 11) is 0. The molecular weight excluding hydrogens is 347 g/mol. The molecule has 0 saturated carbocycles. The maximum absolute atomic E-state index is 12.6. The summed E-state index contributed by atoms with van der Waals surface area (Å²) in [6.07, 6.45) is -4.51. The third-order valence-corrected chi connectivity index (χ3v) is 3.11. The van der Waals surface area contributed by atoms with Crippen molar-refractivity contribution >= 4 is 17.6 Å². The minimum atomic E-state index is -4.51. The van der Waals surface area contributed by atoms with Crippen LogP contribution in [0, 0.1) is 11.3 Å². The number of carbonyl (C=O) groups excluding carboxylic acids is 1. The molecule has 0 amide bonds.